The van der Waals surface area contributed by atoms with Crippen LogP contribution < -0.4 is 5.73 Å². The van der Waals surface area contributed by atoms with Gasteiger partial charge in [0.1, 0.15) is 0 Å². The Balaban J connectivity index is 2.19. The Labute approximate surface area is 110 Å². The first-order valence-corrected chi connectivity index (χ1v) is 6.70. The van der Waals surface area contributed by atoms with E-state index in [9.17, 15) is 0 Å². The van der Waals surface area contributed by atoms with E-state index in [1.54, 1.807) is 0 Å². The third kappa shape index (κ3) is 2.99. The van der Waals surface area contributed by atoms with E-state index < -0.39 is 0 Å². The van der Waals surface area contributed by atoms with Crippen LogP contribution >= 0.6 is 0 Å². The van der Waals surface area contributed by atoms with E-state index >= 15 is 0 Å². The van der Waals surface area contributed by atoms with Gasteiger partial charge in [-0.2, -0.15) is 0 Å². The summed E-state index contributed by atoms with van der Waals surface area (Å²) in [6.45, 7) is 2.94. The van der Waals surface area contributed by atoms with Gasteiger partial charge >= 0.3 is 0 Å². The Hall–Kier alpha value is -1.60. The summed E-state index contributed by atoms with van der Waals surface area (Å²) in [4.78, 5) is 0. The van der Waals surface area contributed by atoms with Gasteiger partial charge in [-0.1, -0.05) is 67.9 Å². The van der Waals surface area contributed by atoms with Crippen LogP contribution in [0, 0.1) is 0 Å². The SMILES string of the molecule is CCCC(CN)c1ccc(-c2ccccc2)cc1. The van der Waals surface area contributed by atoms with Gasteiger partial charge in [-0.25, -0.2) is 0 Å². The maximum atomic E-state index is 5.84. The van der Waals surface area contributed by atoms with Crippen LogP contribution in [0.4, 0.5) is 0 Å². The lowest BCUT2D eigenvalue weighted by atomic mass is 9.93. The molecule has 18 heavy (non-hydrogen) atoms. The Morgan fingerprint density at radius 3 is 2.06 bits per heavy atom. The lowest BCUT2D eigenvalue weighted by molar-refractivity contribution is 0.622. The summed E-state index contributed by atoms with van der Waals surface area (Å²) in [6, 6.07) is 19.3. The summed E-state index contributed by atoms with van der Waals surface area (Å²) >= 11 is 0. The third-order valence-electron chi connectivity index (χ3n) is 3.41. The molecule has 2 N–H and O–H groups in total. The zero-order chi connectivity index (χ0) is 12.8. The summed E-state index contributed by atoms with van der Waals surface area (Å²) in [5.74, 6) is 0.500. The lowest BCUT2D eigenvalue weighted by Gasteiger charge is -2.14. The molecule has 0 saturated carbocycles. The predicted octanol–water partition coefficient (Wildman–Crippen LogP) is 4.20. The van der Waals surface area contributed by atoms with Crippen LogP contribution in [0.2, 0.25) is 0 Å². The van der Waals surface area contributed by atoms with Crippen LogP contribution in [0.15, 0.2) is 54.6 Å². The fraction of sp³-hybridized carbons (Fsp3) is 0.294. The average Bonchev–Trinajstić information content (AvgIpc) is 2.46. The van der Waals surface area contributed by atoms with E-state index in [0.717, 1.165) is 6.54 Å². The summed E-state index contributed by atoms with van der Waals surface area (Å²) < 4.78 is 0. The van der Waals surface area contributed by atoms with Gasteiger partial charge in [0, 0.05) is 0 Å². The zero-order valence-electron chi connectivity index (χ0n) is 11.0. The van der Waals surface area contributed by atoms with Crippen LogP contribution in [-0.4, -0.2) is 6.54 Å². The van der Waals surface area contributed by atoms with Gasteiger partial charge in [-0.15, -0.1) is 0 Å². The fourth-order valence-electron chi connectivity index (χ4n) is 2.35. The molecule has 1 unspecified atom stereocenters. The van der Waals surface area contributed by atoms with Crippen molar-refractivity contribution in [1.82, 2.24) is 0 Å². The van der Waals surface area contributed by atoms with Gasteiger partial charge < -0.3 is 5.73 Å². The Morgan fingerprint density at radius 1 is 0.889 bits per heavy atom. The minimum atomic E-state index is 0.500. The second kappa shape index (κ2) is 6.36. The number of hydrogen-bond donors (Lipinski definition) is 1. The zero-order valence-corrected chi connectivity index (χ0v) is 11.0. The molecule has 0 bridgehead atoms. The van der Waals surface area contributed by atoms with Gasteiger partial charge in [0.2, 0.25) is 0 Å². The smallest absolute Gasteiger partial charge is 0.000824 e. The predicted molar refractivity (Wildman–Crippen MR) is 78.6 cm³/mol. The molecule has 1 atom stereocenters. The number of rotatable bonds is 5. The second-order valence-electron chi connectivity index (χ2n) is 4.71. The van der Waals surface area contributed by atoms with Gasteiger partial charge in [-0.3, -0.25) is 0 Å². The monoisotopic (exact) mass is 239 g/mol. The topological polar surface area (TPSA) is 26.0 Å². The van der Waals surface area contributed by atoms with Gasteiger partial charge in [-0.05, 0) is 35.6 Å². The lowest BCUT2D eigenvalue weighted by Crippen LogP contribution is -2.12. The molecule has 2 aromatic rings. The van der Waals surface area contributed by atoms with Crippen LogP contribution in [0.3, 0.4) is 0 Å². The van der Waals surface area contributed by atoms with Crippen molar-refractivity contribution in [2.75, 3.05) is 6.54 Å². The van der Waals surface area contributed by atoms with E-state index in [-0.39, 0.29) is 0 Å². The highest BCUT2D eigenvalue weighted by atomic mass is 14.5. The van der Waals surface area contributed by atoms with Crippen molar-refractivity contribution in [2.45, 2.75) is 25.7 Å². The maximum Gasteiger partial charge on any atom is -0.000824 e. The van der Waals surface area contributed by atoms with Crippen molar-refractivity contribution in [3.05, 3.63) is 60.2 Å². The Morgan fingerprint density at radius 2 is 1.50 bits per heavy atom. The van der Waals surface area contributed by atoms with Crippen LogP contribution in [-0.2, 0) is 0 Å². The van der Waals surface area contributed by atoms with E-state index in [1.165, 1.54) is 29.5 Å². The molecular weight excluding hydrogens is 218 g/mol. The van der Waals surface area contributed by atoms with Crippen molar-refractivity contribution in [2.24, 2.45) is 5.73 Å². The van der Waals surface area contributed by atoms with Crippen molar-refractivity contribution in [3.63, 3.8) is 0 Å². The van der Waals surface area contributed by atoms with E-state index in [2.05, 4.69) is 55.5 Å². The quantitative estimate of drug-likeness (QED) is 0.831. The molecule has 0 aliphatic carbocycles. The first-order valence-electron chi connectivity index (χ1n) is 6.70. The molecule has 1 heteroatoms. The van der Waals surface area contributed by atoms with Gasteiger partial charge in [0.15, 0.2) is 0 Å². The normalized spacial score (nSPS) is 12.3. The minimum Gasteiger partial charge on any atom is -0.330 e. The van der Waals surface area contributed by atoms with Crippen molar-refractivity contribution in [3.8, 4) is 11.1 Å². The molecule has 1 nitrogen and oxygen atoms in total. The van der Waals surface area contributed by atoms with Crippen LogP contribution in [0.1, 0.15) is 31.2 Å². The summed E-state index contributed by atoms with van der Waals surface area (Å²) in [5.41, 5.74) is 9.74. The van der Waals surface area contributed by atoms with Crippen LogP contribution in [0.25, 0.3) is 11.1 Å². The second-order valence-corrected chi connectivity index (χ2v) is 4.71. The molecule has 0 spiro atoms. The Kier molecular flexibility index (Phi) is 4.54. The van der Waals surface area contributed by atoms with E-state index in [0.29, 0.717) is 5.92 Å². The molecule has 0 aliphatic rings. The molecule has 2 rings (SSSR count). The molecule has 94 valence electrons. The highest BCUT2D eigenvalue weighted by Crippen LogP contribution is 2.24. The third-order valence-corrected chi connectivity index (χ3v) is 3.41. The van der Waals surface area contributed by atoms with Crippen molar-refractivity contribution >= 4 is 0 Å². The molecule has 0 saturated heterocycles. The fourth-order valence-corrected chi connectivity index (χ4v) is 2.35. The standard InChI is InChI=1S/C17H21N/c1-2-6-17(13-18)16-11-9-15(10-12-16)14-7-4-3-5-8-14/h3-5,7-12,17H,2,6,13,18H2,1H3. The molecule has 2 aromatic carbocycles. The first-order chi connectivity index (χ1) is 8.85. The average molecular weight is 239 g/mol. The van der Waals surface area contributed by atoms with Gasteiger partial charge in [0.25, 0.3) is 0 Å². The van der Waals surface area contributed by atoms with E-state index in [4.69, 9.17) is 5.73 Å². The van der Waals surface area contributed by atoms with Crippen molar-refractivity contribution < 1.29 is 0 Å². The first kappa shape index (κ1) is 12.8. The number of nitrogens with two attached hydrogens (primary N) is 1. The van der Waals surface area contributed by atoms with Crippen LogP contribution in [0.5, 0.6) is 0 Å². The molecule has 0 fully saturated rings. The summed E-state index contributed by atoms with van der Waals surface area (Å²) in [7, 11) is 0. The molecule has 0 aromatic heterocycles. The largest absolute Gasteiger partial charge is 0.330 e. The van der Waals surface area contributed by atoms with Gasteiger partial charge in [0.05, 0.1) is 0 Å². The summed E-state index contributed by atoms with van der Waals surface area (Å²) in [6.07, 6.45) is 2.35. The maximum absolute atomic E-state index is 5.84. The number of hydrogen-bond acceptors (Lipinski definition) is 1. The summed E-state index contributed by atoms with van der Waals surface area (Å²) in [5, 5.41) is 0. The molecular formula is C17H21N. The Bertz CT molecular complexity index is 459. The highest BCUT2D eigenvalue weighted by molar-refractivity contribution is 5.63. The van der Waals surface area contributed by atoms with E-state index in [1.807, 2.05) is 6.07 Å². The molecule has 0 heterocycles. The molecule has 0 aliphatic heterocycles. The molecule has 0 radical (unpaired) electrons. The number of benzene rings is 2. The van der Waals surface area contributed by atoms with Crippen molar-refractivity contribution in [1.29, 1.82) is 0 Å². The highest BCUT2D eigenvalue weighted by Gasteiger charge is 2.08. The molecule has 0 amide bonds. The minimum absolute atomic E-state index is 0.500.